The average molecular weight is 501 g/mol. The molecule has 0 radical (unpaired) electrons. The Morgan fingerprint density at radius 2 is 1.41 bits per heavy atom. The molecule has 0 saturated carbocycles. The van der Waals surface area contributed by atoms with Gasteiger partial charge < -0.3 is 23.7 Å². The summed E-state index contributed by atoms with van der Waals surface area (Å²) < 4.78 is 24.9. The van der Waals surface area contributed by atoms with Crippen molar-refractivity contribution in [1.82, 2.24) is 0 Å². The first kappa shape index (κ1) is 28.9. The number of ether oxygens (including phenoxy) is 5. The summed E-state index contributed by atoms with van der Waals surface area (Å²) in [6.45, 7) is 5.35. The number of benzene rings is 1. The molecule has 0 saturated heterocycles. The van der Waals surface area contributed by atoms with E-state index in [4.69, 9.17) is 35.3 Å². The van der Waals surface area contributed by atoms with Gasteiger partial charge in [-0.05, 0) is 38.8 Å². The van der Waals surface area contributed by atoms with Gasteiger partial charge in [-0.2, -0.15) is 0 Å². The number of ketones is 1. The van der Waals surface area contributed by atoms with Gasteiger partial charge in [0.1, 0.15) is 25.2 Å². The van der Waals surface area contributed by atoms with Gasteiger partial charge >= 0.3 is 24.1 Å². The van der Waals surface area contributed by atoms with Crippen molar-refractivity contribution in [3.8, 4) is 0 Å². The lowest BCUT2D eigenvalue weighted by Gasteiger charge is -2.26. The van der Waals surface area contributed by atoms with Crippen molar-refractivity contribution in [2.75, 3.05) is 13.2 Å². The second kappa shape index (κ2) is 13.5. The fourth-order valence-corrected chi connectivity index (χ4v) is 2.44. The second-order valence-electron chi connectivity index (χ2n) is 7.86. The van der Waals surface area contributed by atoms with Crippen LogP contribution in [-0.2, 0) is 55.3 Å². The maximum absolute atomic E-state index is 12.7. The summed E-state index contributed by atoms with van der Waals surface area (Å²) in [5.74, 6) is -2.40. The van der Waals surface area contributed by atoms with Crippen LogP contribution in [0.5, 0.6) is 0 Å². The molecule has 3 atom stereocenters. The van der Waals surface area contributed by atoms with E-state index in [1.807, 2.05) is 0 Å². The normalized spacial score (nSPS) is 14.1. The zero-order valence-electron chi connectivity index (χ0n) is 19.8. The number of carbonyl (C=O) groups excluding carboxylic acids is 5. The van der Waals surface area contributed by atoms with Crippen LogP contribution in [-0.4, -0.2) is 55.3 Å². The lowest BCUT2D eigenvalue weighted by molar-refractivity contribution is -0.168. The van der Waals surface area contributed by atoms with Crippen LogP contribution in [0.2, 0.25) is 0 Å². The van der Waals surface area contributed by atoms with Crippen LogP contribution in [0.25, 0.3) is 0 Å². The minimum Gasteiger partial charge on any atom is -0.465 e. The van der Waals surface area contributed by atoms with Gasteiger partial charge in [0.15, 0.2) is 18.0 Å². The minimum absolute atomic E-state index is 0.0707. The van der Waals surface area contributed by atoms with E-state index in [1.165, 1.54) is 27.7 Å². The molecule has 0 spiro atoms. The van der Waals surface area contributed by atoms with E-state index in [2.05, 4.69) is 0 Å². The van der Waals surface area contributed by atoms with Crippen LogP contribution in [0, 0.1) is 5.41 Å². The van der Waals surface area contributed by atoms with Crippen LogP contribution in [0.1, 0.15) is 45.7 Å². The third kappa shape index (κ3) is 9.78. The molecular formula is C23H29ClO10. The number of hydrogen-bond donors (Lipinski definition) is 0. The summed E-state index contributed by atoms with van der Waals surface area (Å²) in [6.07, 6.45) is -3.63. The van der Waals surface area contributed by atoms with Crippen LogP contribution < -0.4 is 0 Å². The van der Waals surface area contributed by atoms with Crippen molar-refractivity contribution in [3.05, 3.63) is 35.4 Å². The second-order valence-corrected chi connectivity index (χ2v) is 8.12. The topological polar surface area (TPSA) is 132 Å². The predicted molar refractivity (Wildman–Crippen MR) is 119 cm³/mol. The van der Waals surface area contributed by atoms with Gasteiger partial charge in [0, 0.05) is 12.8 Å². The highest BCUT2D eigenvalue weighted by Crippen LogP contribution is 2.22. The molecule has 3 unspecified atom stereocenters. The van der Waals surface area contributed by atoms with Crippen LogP contribution >= 0.6 is 11.6 Å². The van der Waals surface area contributed by atoms with Gasteiger partial charge in [0.25, 0.3) is 0 Å². The minimum atomic E-state index is -1.55. The van der Waals surface area contributed by atoms with E-state index in [0.717, 1.165) is 12.5 Å². The van der Waals surface area contributed by atoms with E-state index < -0.39 is 54.9 Å². The molecule has 0 fully saturated rings. The van der Waals surface area contributed by atoms with Crippen molar-refractivity contribution < 1.29 is 47.7 Å². The Kier molecular flexibility index (Phi) is 11.5. The van der Waals surface area contributed by atoms with Gasteiger partial charge in [-0.1, -0.05) is 24.3 Å². The number of Topliss-reactive ketones (excluding diaryl/α,β-unsaturated/α-hetero) is 1. The van der Waals surface area contributed by atoms with Gasteiger partial charge in [-0.15, -0.1) is 11.6 Å². The number of rotatable bonds is 12. The van der Waals surface area contributed by atoms with Crippen molar-refractivity contribution >= 4 is 41.4 Å². The number of alkyl halides is 1. The van der Waals surface area contributed by atoms with Crippen LogP contribution in [0.15, 0.2) is 24.3 Å². The molecule has 10 nitrogen and oxygen atoms in total. The smallest absolute Gasteiger partial charge is 0.465 e. The molecule has 0 heterocycles. The quantitative estimate of drug-likeness (QED) is 0.239. The van der Waals surface area contributed by atoms with Gasteiger partial charge in [0.2, 0.25) is 0 Å². The fourth-order valence-electron chi connectivity index (χ4n) is 2.27. The maximum atomic E-state index is 12.7. The van der Waals surface area contributed by atoms with Crippen LogP contribution in [0.4, 0.5) is 4.79 Å². The van der Waals surface area contributed by atoms with Gasteiger partial charge in [-0.25, -0.2) is 9.59 Å². The number of halogens is 1. The molecule has 1 rings (SSSR count). The number of carbonyl (C=O) groups is 5. The highest BCUT2D eigenvalue weighted by molar-refractivity contribution is 6.17. The number of hydrogen-bond acceptors (Lipinski definition) is 10. The summed E-state index contributed by atoms with van der Waals surface area (Å²) >= 11 is 5.75. The molecule has 11 heteroatoms. The average Bonchev–Trinajstić information content (AvgIpc) is 2.79. The molecule has 0 bridgehead atoms. The lowest BCUT2D eigenvalue weighted by atomic mass is 9.93. The van der Waals surface area contributed by atoms with E-state index >= 15 is 0 Å². The molecule has 0 aromatic heterocycles. The molecule has 0 amide bonds. The Morgan fingerprint density at radius 1 is 0.853 bits per heavy atom. The fraction of sp³-hybridized carbons (Fsp3) is 0.522. The Bertz CT molecular complexity index is 882. The standard InChI is InChI=1S/C23H29ClO10/c1-14(25)15(2)33-20(27)16(3)34-22(29)32-13-23(5,12-31-17(4)26)21(28)30-11-19-8-6-18(10-24)7-9-19/h6-9,15-16H,10-13H2,1-5H3. The summed E-state index contributed by atoms with van der Waals surface area (Å²) in [7, 11) is 0. The van der Waals surface area contributed by atoms with Crippen molar-refractivity contribution in [1.29, 1.82) is 0 Å². The zero-order chi connectivity index (χ0) is 25.9. The monoisotopic (exact) mass is 500 g/mol. The molecule has 1 aromatic carbocycles. The van der Waals surface area contributed by atoms with Gasteiger partial charge in [0.05, 0.1) is 0 Å². The first-order chi connectivity index (χ1) is 15.9. The van der Waals surface area contributed by atoms with Crippen LogP contribution in [0.3, 0.4) is 0 Å². The summed E-state index contributed by atoms with van der Waals surface area (Å²) in [5.41, 5.74) is 0.0509. The zero-order valence-corrected chi connectivity index (χ0v) is 20.5. The van der Waals surface area contributed by atoms with E-state index in [0.29, 0.717) is 11.4 Å². The van der Waals surface area contributed by atoms with Crippen molar-refractivity contribution in [2.45, 2.75) is 59.3 Å². The molecule has 188 valence electrons. The SMILES string of the molecule is CC(=O)OCC(C)(COC(=O)OC(C)C(=O)OC(C)C(C)=O)C(=O)OCc1ccc(CCl)cc1. The largest absolute Gasteiger partial charge is 0.509 e. The number of esters is 3. The molecular weight excluding hydrogens is 472 g/mol. The predicted octanol–water partition coefficient (Wildman–Crippen LogP) is 3.10. The molecule has 0 aliphatic heterocycles. The Labute approximate surface area is 202 Å². The first-order valence-corrected chi connectivity index (χ1v) is 10.9. The van der Waals surface area contributed by atoms with Gasteiger partial charge in [-0.3, -0.25) is 14.4 Å². The molecule has 34 heavy (non-hydrogen) atoms. The Hall–Kier alpha value is -3.14. The maximum Gasteiger partial charge on any atom is 0.509 e. The highest BCUT2D eigenvalue weighted by atomic mass is 35.5. The lowest BCUT2D eigenvalue weighted by Crippen LogP contribution is -2.40. The third-order valence-electron chi connectivity index (χ3n) is 4.61. The summed E-state index contributed by atoms with van der Waals surface area (Å²) in [5, 5.41) is 0. The highest BCUT2D eigenvalue weighted by Gasteiger charge is 2.39. The van der Waals surface area contributed by atoms with E-state index in [-0.39, 0.29) is 12.4 Å². The Morgan fingerprint density at radius 3 is 1.94 bits per heavy atom. The first-order valence-electron chi connectivity index (χ1n) is 10.4. The Balaban J connectivity index is 2.72. The molecule has 1 aromatic rings. The summed E-state index contributed by atoms with van der Waals surface area (Å²) in [4.78, 5) is 59.1. The van der Waals surface area contributed by atoms with E-state index in [9.17, 15) is 24.0 Å². The van der Waals surface area contributed by atoms with E-state index in [1.54, 1.807) is 24.3 Å². The van der Waals surface area contributed by atoms with Crippen molar-refractivity contribution in [3.63, 3.8) is 0 Å². The third-order valence-corrected chi connectivity index (χ3v) is 4.92. The van der Waals surface area contributed by atoms with Crippen molar-refractivity contribution in [2.24, 2.45) is 5.41 Å². The molecule has 0 aliphatic rings. The summed E-state index contributed by atoms with van der Waals surface area (Å²) in [6, 6.07) is 7.07. The molecule has 0 aliphatic carbocycles. The molecule has 0 N–H and O–H groups in total.